The van der Waals surface area contributed by atoms with Crippen molar-refractivity contribution in [2.45, 2.75) is 0 Å². The third-order valence-electron chi connectivity index (χ3n) is 8.43. The van der Waals surface area contributed by atoms with Gasteiger partial charge in [-0.05, 0) is 119 Å². The van der Waals surface area contributed by atoms with Crippen molar-refractivity contribution in [2.75, 3.05) is 0 Å². The van der Waals surface area contributed by atoms with Crippen LogP contribution in [-0.4, -0.2) is 0 Å². The van der Waals surface area contributed by atoms with Gasteiger partial charge in [0.15, 0.2) is 5.69 Å². The highest BCUT2D eigenvalue weighted by Gasteiger charge is 2.15. The van der Waals surface area contributed by atoms with Crippen LogP contribution in [0, 0.1) is 17.9 Å². The van der Waals surface area contributed by atoms with Crippen molar-refractivity contribution >= 4 is 59.5 Å². The molecular formula is C40H22N2. The normalized spacial score (nSPS) is 11.3. The van der Waals surface area contributed by atoms with Crippen molar-refractivity contribution in [1.29, 1.82) is 5.26 Å². The minimum atomic E-state index is 0.659. The Hall–Kier alpha value is -5.96. The largest absolute Gasteiger partial charge is 0.238 e. The van der Waals surface area contributed by atoms with E-state index in [1.54, 1.807) is 0 Å². The maximum atomic E-state index is 9.33. The van der Waals surface area contributed by atoms with Gasteiger partial charge >= 0.3 is 0 Å². The quantitative estimate of drug-likeness (QED) is 0.161. The van der Waals surface area contributed by atoms with Crippen LogP contribution in [0.25, 0.3) is 81.0 Å². The van der Waals surface area contributed by atoms with Crippen molar-refractivity contribution in [2.24, 2.45) is 0 Å². The van der Waals surface area contributed by atoms with Gasteiger partial charge in [0.05, 0.1) is 18.2 Å². The Bertz CT molecular complexity index is 2310. The van der Waals surface area contributed by atoms with Gasteiger partial charge in [0.25, 0.3) is 0 Å². The second kappa shape index (κ2) is 9.31. The van der Waals surface area contributed by atoms with Gasteiger partial charge in [-0.25, -0.2) is 4.85 Å². The van der Waals surface area contributed by atoms with Crippen LogP contribution in [0.2, 0.25) is 0 Å². The van der Waals surface area contributed by atoms with Crippen LogP contribution in [0.4, 0.5) is 5.69 Å². The second-order valence-corrected chi connectivity index (χ2v) is 10.8. The minimum absolute atomic E-state index is 0.659. The molecule has 0 atom stereocenters. The molecule has 0 bridgehead atoms. The predicted octanol–water partition coefficient (Wildman–Crippen LogP) is 11.2. The summed E-state index contributed by atoms with van der Waals surface area (Å²) in [6.45, 7) is 7.36. The van der Waals surface area contributed by atoms with Crippen molar-refractivity contribution in [1.82, 2.24) is 0 Å². The van der Waals surface area contributed by atoms with E-state index in [1.165, 1.54) is 43.4 Å². The molecule has 8 aromatic carbocycles. The lowest BCUT2D eigenvalue weighted by atomic mass is 9.87. The first-order valence-corrected chi connectivity index (χ1v) is 13.9. The van der Waals surface area contributed by atoms with E-state index < -0.39 is 0 Å². The summed E-state index contributed by atoms with van der Waals surface area (Å²) in [4.78, 5) is 3.59. The molecule has 0 saturated carbocycles. The molecule has 8 aromatic rings. The fourth-order valence-corrected chi connectivity index (χ4v) is 6.38. The molecule has 8 rings (SSSR count). The highest BCUT2D eigenvalue weighted by atomic mass is 14.6. The van der Waals surface area contributed by atoms with Crippen LogP contribution in [0.5, 0.6) is 0 Å². The van der Waals surface area contributed by atoms with Gasteiger partial charge in [0.1, 0.15) is 0 Å². The fraction of sp³-hybridized carbons (Fsp3) is 0. The van der Waals surface area contributed by atoms with E-state index in [0.29, 0.717) is 11.3 Å². The van der Waals surface area contributed by atoms with Crippen molar-refractivity contribution in [3.8, 4) is 28.3 Å². The van der Waals surface area contributed by atoms with Crippen LogP contribution in [0.15, 0.2) is 133 Å². The van der Waals surface area contributed by atoms with E-state index in [9.17, 15) is 5.26 Å². The highest BCUT2D eigenvalue weighted by molar-refractivity contribution is 6.24. The Balaban J connectivity index is 1.41. The van der Waals surface area contributed by atoms with E-state index in [4.69, 9.17) is 6.57 Å². The summed E-state index contributed by atoms with van der Waals surface area (Å²) >= 11 is 0. The third-order valence-corrected chi connectivity index (χ3v) is 8.43. The van der Waals surface area contributed by atoms with E-state index in [0.717, 1.165) is 32.7 Å². The molecule has 2 heteroatoms. The molecule has 2 nitrogen and oxygen atoms in total. The van der Waals surface area contributed by atoms with Crippen molar-refractivity contribution in [3.63, 3.8) is 0 Å². The zero-order chi connectivity index (χ0) is 28.2. The zero-order valence-electron chi connectivity index (χ0n) is 22.6. The van der Waals surface area contributed by atoms with Crippen molar-refractivity contribution in [3.05, 3.63) is 150 Å². The minimum Gasteiger partial charge on any atom is -0.238 e. The first-order valence-electron chi connectivity index (χ1n) is 13.9. The number of fused-ring (bicyclic) bond motifs is 7. The maximum absolute atomic E-state index is 9.33. The van der Waals surface area contributed by atoms with Crippen molar-refractivity contribution < 1.29 is 0 Å². The van der Waals surface area contributed by atoms with Crippen LogP contribution >= 0.6 is 0 Å². The smallest absolute Gasteiger partial charge is 0.187 e. The SMILES string of the molecule is [C-]#[N+]c1ccc2cc(-c3cc4c5ccccc5c(-c5ccc6cc(C#N)ccc6c5)cc4c4ccccc34)ccc2c1. The Morgan fingerprint density at radius 1 is 0.452 bits per heavy atom. The lowest BCUT2D eigenvalue weighted by Gasteiger charge is -2.16. The monoisotopic (exact) mass is 530 g/mol. The molecule has 42 heavy (non-hydrogen) atoms. The summed E-state index contributed by atoms with van der Waals surface area (Å²) in [5.41, 5.74) is 6.05. The summed E-state index contributed by atoms with van der Waals surface area (Å²) in [7, 11) is 0. The van der Waals surface area contributed by atoms with Crippen LogP contribution in [0.1, 0.15) is 5.56 Å². The van der Waals surface area contributed by atoms with Gasteiger partial charge < -0.3 is 0 Å². The molecule has 0 heterocycles. The molecule has 0 aliphatic rings. The van der Waals surface area contributed by atoms with Crippen LogP contribution in [-0.2, 0) is 0 Å². The molecule has 0 aromatic heterocycles. The van der Waals surface area contributed by atoms with Gasteiger partial charge in [-0.2, -0.15) is 5.26 Å². The molecule has 0 aliphatic heterocycles. The van der Waals surface area contributed by atoms with Crippen LogP contribution < -0.4 is 0 Å². The predicted molar refractivity (Wildman–Crippen MR) is 176 cm³/mol. The molecule has 0 amide bonds. The second-order valence-electron chi connectivity index (χ2n) is 10.8. The van der Waals surface area contributed by atoms with Gasteiger partial charge in [-0.15, -0.1) is 0 Å². The Labute approximate surface area is 243 Å². The maximum Gasteiger partial charge on any atom is 0.187 e. The number of hydrogen-bond acceptors (Lipinski definition) is 1. The standard InChI is InChI=1S/C40H22N2/c1-42-32-17-16-28-20-31(15-13-29(28)21-32)38-23-40-35-8-4-2-6-33(35)37(22-39(40)36-9-5-3-7-34(36)38)30-14-12-26-18-25(24-41)10-11-27(26)19-30/h2-23H. The van der Waals surface area contributed by atoms with Gasteiger partial charge in [-0.3, -0.25) is 0 Å². The van der Waals surface area contributed by atoms with Gasteiger partial charge in [-0.1, -0.05) is 91.0 Å². The first kappa shape index (κ1) is 23.9. The number of nitrogens with zero attached hydrogens (tertiary/aromatic N) is 2. The van der Waals surface area contributed by atoms with E-state index in [-0.39, 0.29) is 0 Å². The molecule has 0 spiro atoms. The highest BCUT2D eigenvalue weighted by Crippen LogP contribution is 2.42. The summed E-state index contributed by atoms with van der Waals surface area (Å²) in [5, 5.41) is 21.1. The van der Waals surface area contributed by atoms with E-state index >= 15 is 0 Å². The molecule has 0 aliphatic carbocycles. The molecule has 0 unspecified atom stereocenters. The number of benzene rings is 8. The van der Waals surface area contributed by atoms with E-state index in [2.05, 4.69) is 108 Å². The number of hydrogen-bond donors (Lipinski definition) is 0. The molecule has 0 saturated heterocycles. The molecule has 0 fully saturated rings. The average molecular weight is 531 g/mol. The molecule has 0 radical (unpaired) electrons. The Kier molecular flexibility index (Phi) is 5.29. The van der Waals surface area contributed by atoms with E-state index in [1.807, 2.05) is 36.4 Å². The first-order chi connectivity index (χ1) is 20.7. The Morgan fingerprint density at radius 2 is 0.929 bits per heavy atom. The van der Waals surface area contributed by atoms with Crippen LogP contribution in [0.3, 0.4) is 0 Å². The molecule has 192 valence electrons. The summed E-state index contributed by atoms with van der Waals surface area (Å²) in [6.07, 6.45) is 0. The van der Waals surface area contributed by atoms with Gasteiger partial charge in [0, 0.05) is 0 Å². The third kappa shape index (κ3) is 3.71. The summed E-state index contributed by atoms with van der Waals surface area (Å²) in [6, 6.07) is 49.1. The lowest BCUT2D eigenvalue weighted by molar-refractivity contribution is 1.50. The fourth-order valence-electron chi connectivity index (χ4n) is 6.38. The Morgan fingerprint density at radius 3 is 1.48 bits per heavy atom. The summed E-state index contributed by atoms with van der Waals surface area (Å²) in [5.74, 6) is 0. The average Bonchev–Trinajstić information content (AvgIpc) is 3.06. The number of rotatable bonds is 2. The topological polar surface area (TPSA) is 28.1 Å². The number of nitriles is 1. The molecular weight excluding hydrogens is 508 g/mol. The zero-order valence-corrected chi connectivity index (χ0v) is 22.6. The van der Waals surface area contributed by atoms with Gasteiger partial charge in [0.2, 0.25) is 0 Å². The molecule has 0 N–H and O–H groups in total. The summed E-state index contributed by atoms with van der Waals surface area (Å²) < 4.78 is 0. The lowest BCUT2D eigenvalue weighted by Crippen LogP contribution is -1.89.